The molecular weight excluding hydrogens is 474 g/mol. The molecule has 0 saturated carbocycles. The molecule has 1 unspecified atom stereocenters. The molecule has 1 aliphatic rings. The summed E-state index contributed by atoms with van der Waals surface area (Å²) in [5.74, 6) is -1.58. The van der Waals surface area contributed by atoms with Gasteiger partial charge in [-0.3, -0.25) is 14.5 Å². The second kappa shape index (κ2) is 7.78. The predicted molar refractivity (Wildman–Crippen MR) is 119 cm³/mol. The van der Waals surface area contributed by atoms with Crippen LogP contribution in [0.2, 0.25) is 5.02 Å². The number of amides is 1. The van der Waals surface area contributed by atoms with E-state index >= 15 is 0 Å². The van der Waals surface area contributed by atoms with Crippen LogP contribution in [0.3, 0.4) is 0 Å². The van der Waals surface area contributed by atoms with Gasteiger partial charge in [0.1, 0.15) is 11.8 Å². The predicted octanol–water partition coefficient (Wildman–Crippen LogP) is 6.10. The van der Waals surface area contributed by atoms with E-state index in [4.69, 9.17) is 11.6 Å². The SMILES string of the molecule is Cc1ccsc1C1/C(=C(/O)c2ccc(Br)cc2)C(=O)C(=O)N1c1ccc(Cl)cc1. The van der Waals surface area contributed by atoms with Gasteiger partial charge < -0.3 is 5.11 Å². The summed E-state index contributed by atoms with van der Waals surface area (Å²) in [6, 6.07) is 14.9. The number of Topliss-reactive ketones (excluding diaryl/α,β-unsaturated/α-hetero) is 1. The number of benzene rings is 2. The minimum absolute atomic E-state index is 0.0813. The monoisotopic (exact) mass is 487 g/mol. The van der Waals surface area contributed by atoms with Gasteiger partial charge in [-0.2, -0.15) is 0 Å². The zero-order chi connectivity index (χ0) is 20.7. The largest absolute Gasteiger partial charge is 0.507 e. The Balaban J connectivity index is 1.94. The minimum atomic E-state index is -0.710. The lowest BCUT2D eigenvalue weighted by Gasteiger charge is -2.25. The fourth-order valence-electron chi connectivity index (χ4n) is 3.38. The van der Waals surface area contributed by atoms with E-state index in [2.05, 4.69) is 15.9 Å². The lowest BCUT2D eigenvalue weighted by Crippen LogP contribution is -2.29. The van der Waals surface area contributed by atoms with E-state index < -0.39 is 17.7 Å². The molecule has 1 atom stereocenters. The first kappa shape index (κ1) is 19.9. The molecular formula is C22H15BrClNO3S. The van der Waals surface area contributed by atoms with Gasteiger partial charge in [-0.15, -0.1) is 11.3 Å². The van der Waals surface area contributed by atoms with E-state index in [0.29, 0.717) is 16.3 Å². The van der Waals surface area contributed by atoms with Crippen LogP contribution in [-0.2, 0) is 9.59 Å². The van der Waals surface area contributed by atoms with Gasteiger partial charge in [-0.25, -0.2) is 0 Å². The highest BCUT2D eigenvalue weighted by molar-refractivity contribution is 9.10. The molecule has 2 aromatic carbocycles. The highest BCUT2D eigenvalue weighted by atomic mass is 79.9. The van der Waals surface area contributed by atoms with Crippen molar-refractivity contribution in [3.63, 3.8) is 0 Å². The lowest BCUT2D eigenvalue weighted by molar-refractivity contribution is -0.132. The Morgan fingerprint density at radius 1 is 1.07 bits per heavy atom. The third-order valence-electron chi connectivity index (χ3n) is 4.82. The summed E-state index contributed by atoms with van der Waals surface area (Å²) in [6.07, 6.45) is 0. The summed E-state index contributed by atoms with van der Waals surface area (Å²) in [4.78, 5) is 28.3. The molecule has 4 rings (SSSR count). The molecule has 4 nitrogen and oxygen atoms in total. The number of nitrogens with zero attached hydrogens (tertiary/aromatic N) is 1. The first-order chi connectivity index (χ1) is 13.9. The second-order valence-electron chi connectivity index (χ2n) is 6.62. The molecule has 0 aliphatic carbocycles. The number of aryl methyl sites for hydroxylation is 1. The van der Waals surface area contributed by atoms with Crippen molar-refractivity contribution < 1.29 is 14.7 Å². The van der Waals surface area contributed by atoms with E-state index in [1.807, 2.05) is 18.4 Å². The number of thiophene rings is 1. The number of rotatable bonds is 3. The van der Waals surface area contributed by atoms with Gasteiger partial charge in [-0.05, 0) is 60.3 Å². The second-order valence-corrected chi connectivity index (χ2v) is 8.92. The topological polar surface area (TPSA) is 57.6 Å². The van der Waals surface area contributed by atoms with Crippen LogP contribution < -0.4 is 4.90 Å². The van der Waals surface area contributed by atoms with E-state index in [1.165, 1.54) is 16.2 Å². The van der Waals surface area contributed by atoms with Crippen LogP contribution in [-0.4, -0.2) is 16.8 Å². The number of hydrogen-bond acceptors (Lipinski definition) is 4. The molecule has 146 valence electrons. The van der Waals surface area contributed by atoms with Crippen molar-refractivity contribution in [3.05, 3.63) is 91.0 Å². The van der Waals surface area contributed by atoms with Gasteiger partial charge in [0.15, 0.2) is 0 Å². The van der Waals surface area contributed by atoms with Crippen molar-refractivity contribution >= 4 is 62.0 Å². The summed E-state index contributed by atoms with van der Waals surface area (Å²) < 4.78 is 0.848. The van der Waals surface area contributed by atoms with Crippen molar-refractivity contribution in [2.75, 3.05) is 4.90 Å². The zero-order valence-corrected chi connectivity index (χ0v) is 18.4. The van der Waals surface area contributed by atoms with E-state index in [9.17, 15) is 14.7 Å². The summed E-state index contributed by atoms with van der Waals surface area (Å²) >= 11 is 10.8. The Labute approximate surface area is 185 Å². The van der Waals surface area contributed by atoms with Crippen LogP contribution in [0.4, 0.5) is 5.69 Å². The molecule has 1 N–H and O–H groups in total. The third kappa shape index (κ3) is 3.52. The number of anilines is 1. The Morgan fingerprint density at radius 2 is 1.72 bits per heavy atom. The van der Waals surface area contributed by atoms with Gasteiger partial charge in [0.25, 0.3) is 11.7 Å². The molecule has 0 spiro atoms. The van der Waals surface area contributed by atoms with E-state index in [0.717, 1.165) is 14.9 Å². The van der Waals surface area contributed by atoms with Gasteiger partial charge in [0.05, 0.1) is 5.57 Å². The maximum absolute atomic E-state index is 13.0. The zero-order valence-electron chi connectivity index (χ0n) is 15.2. The summed E-state index contributed by atoms with van der Waals surface area (Å²) in [5.41, 5.74) is 2.05. The quantitative estimate of drug-likeness (QED) is 0.275. The van der Waals surface area contributed by atoms with Crippen LogP contribution in [0.25, 0.3) is 5.76 Å². The number of aliphatic hydroxyl groups is 1. The van der Waals surface area contributed by atoms with Crippen molar-refractivity contribution in [2.24, 2.45) is 0 Å². The fraction of sp³-hybridized carbons (Fsp3) is 0.0909. The molecule has 0 bridgehead atoms. The Hall–Kier alpha value is -2.41. The molecule has 1 amide bonds. The summed E-state index contributed by atoms with van der Waals surface area (Å²) in [6.45, 7) is 1.92. The Kier molecular flexibility index (Phi) is 5.34. The van der Waals surface area contributed by atoms with Crippen molar-refractivity contribution in [3.8, 4) is 0 Å². The maximum Gasteiger partial charge on any atom is 0.300 e. The molecule has 1 aliphatic heterocycles. The van der Waals surface area contributed by atoms with Gasteiger partial charge in [-0.1, -0.05) is 39.7 Å². The standard InChI is InChI=1S/C22H15BrClNO3S/c1-12-10-11-29-21(12)18-17(19(26)13-2-4-14(23)5-3-13)20(27)22(28)25(18)16-8-6-15(24)7-9-16/h2-11,18,26H,1H3/b19-17-. The fourth-order valence-corrected chi connectivity index (χ4v) is 4.79. The minimum Gasteiger partial charge on any atom is -0.507 e. The van der Waals surface area contributed by atoms with Gasteiger partial charge >= 0.3 is 0 Å². The number of carbonyl (C=O) groups is 2. The average Bonchev–Trinajstić information content (AvgIpc) is 3.24. The van der Waals surface area contributed by atoms with Crippen molar-refractivity contribution in [1.29, 1.82) is 0 Å². The molecule has 1 fully saturated rings. The van der Waals surface area contributed by atoms with Crippen LogP contribution in [0.15, 0.2) is 70.0 Å². The van der Waals surface area contributed by atoms with Gasteiger partial charge in [0, 0.05) is 25.6 Å². The molecule has 29 heavy (non-hydrogen) atoms. The molecule has 7 heteroatoms. The number of hydrogen-bond donors (Lipinski definition) is 1. The van der Waals surface area contributed by atoms with E-state index in [-0.39, 0.29) is 11.3 Å². The van der Waals surface area contributed by atoms with Gasteiger partial charge in [0.2, 0.25) is 0 Å². The molecule has 1 saturated heterocycles. The number of carbonyl (C=O) groups excluding carboxylic acids is 2. The molecule has 1 aromatic heterocycles. The van der Waals surface area contributed by atoms with Crippen molar-refractivity contribution in [1.82, 2.24) is 0 Å². The number of halogens is 2. The first-order valence-electron chi connectivity index (χ1n) is 8.75. The Bertz CT molecular complexity index is 1140. The summed E-state index contributed by atoms with van der Waals surface area (Å²) in [7, 11) is 0. The lowest BCUT2D eigenvalue weighted by atomic mass is 9.98. The third-order valence-corrected chi connectivity index (χ3v) is 6.67. The van der Waals surface area contributed by atoms with E-state index in [1.54, 1.807) is 48.5 Å². The molecule has 0 radical (unpaired) electrons. The van der Waals surface area contributed by atoms with Crippen LogP contribution in [0.1, 0.15) is 22.0 Å². The first-order valence-corrected chi connectivity index (χ1v) is 10.8. The maximum atomic E-state index is 13.0. The van der Waals surface area contributed by atoms with Crippen LogP contribution in [0, 0.1) is 6.92 Å². The summed E-state index contributed by atoms with van der Waals surface area (Å²) in [5, 5.41) is 13.5. The average molecular weight is 489 g/mol. The molecule has 2 heterocycles. The number of ketones is 1. The normalized spacial score (nSPS) is 18.4. The Morgan fingerprint density at radius 3 is 2.31 bits per heavy atom. The van der Waals surface area contributed by atoms with Crippen LogP contribution >= 0.6 is 38.9 Å². The number of aliphatic hydroxyl groups excluding tert-OH is 1. The van der Waals surface area contributed by atoms with Crippen molar-refractivity contribution in [2.45, 2.75) is 13.0 Å². The smallest absolute Gasteiger partial charge is 0.300 e. The van der Waals surface area contributed by atoms with Crippen LogP contribution in [0.5, 0.6) is 0 Å². The highest BCUT2D eigenvalue weighted by Gasteiger charge is 2.47. The highest BCUT2D eigenvalue weighted by Crippen LogP contribution is 2.44. The molecule has 3 aromatic rings.